The number of rotatable bonds is 10. The van der Waals surface area contributed by atoms with Crippen LogP contribution in [0.25, 0.3) is 11.2 Å². The lowest BCUT2D eigenvalue weighted by Crippen LogP contribution is -2.13. The molecule has 0 radical (unpaired) electrons. The van der Waals surface area contributed by atoms with E-state index < -0.39 is 40.5 Å². The summed E-state index contributed by atoms with van der Waals surface area (Å²) in [6, 6.07) is 0. The summed E-state index contributed by atoms with van der Waals surface area (Å²) in [5.74, 6) is -0.0972. The van der Waals surface area contributed by atoms with E-state index >= 15 is 0 Å². The molecule has 16 heteroatoms. The molecule has 2 unspecified atom stereocenters. The van der Waals surface area contributed by atoms with Crippen molar-refractivity contribution in [1.82, 2.24) is 19.5 Å². The van der Waals surface area contributed by atoms with Gasteiger partial charge in [0.25, 0.3) is 5.56 Å². The van der Waals surface area contributed by atoms with Crippen molar-refractivity contribution in [3.63, 3.8) is 0 Å². The highest BCUT2D eigenvalue weighted by atomic mass is 31.3. The number of imidazole rings is 1. The van der Waals surface area contributed by atoms with E-state index in [0.717, 1.165) is 0 Å². The van der Waals surface area contributed by atoms with E-state index in [-0.39, 0.29) is 30.3 Å². The predicted octanol–water partition coefficient (Wildman–Crippen LogP) is -1.01. The molecule has 0 aliphatic rings. The summed E-state index contributed by atoms with van der Waals surface area (Å²) in [6.07, 6.45) is 0.429. The summed E-state index contributed by atoms with van der Waals surface area (Å²) in [5, 5.41) is 8.49. The summed E-state index contributed by atoms with van der Waals surface area (Å²) in [5.41, 5.74) is 5.21. The fourth-order valence-electron chi connectivity index (χ4n) is 1.84. The van der Waals surface area contributed by atoms with Crippen molar-refractivity contribution < 1.29 is 37.6 Å². The van der Waals surface area contributed by atoms with Crippen LogP contribution >= 0.6 is 15.4 Å². The molecule has 14 nitrogen and oxygen atoms in total. The third kappa shape index (κ3) is 5.69. The predicted molar refractivity (Wildman–Crippen MR) is 87.2 cm³/mol. The number of anilines is 1. The van der Waals surface area contributed by atoms with Crippen molar-refractivity contribution in [2.75, 3.05) is 31.9 Å². The van der Waals surface area contributed by atoms with Crippen LogP contribution in [0.2, 0.25) is 0 Å². The van der Waals surface area contributed by atoms with Crippen LogP contribution in [0.4, 0.5) is 5.95 Å². The van der Waals surface area contributed by atoms with Gasteiger partial charge in [-0.15, -0.1) is 0 Å². The molecule has 0 bridgehead atoms. The first-order valence-corrected chi connectivity index (χ1v) is 10.3. The number of aliphatic hydroxyl groups excluding tert-OH is 1. The van der Waals surface area contributed by atoms with Gasteiger partial charge in [0.05, 0.1) is 26.1 Å². The molecule has 2 heterocycles. The number of nitrogens with one attached hydrogen (secondary N) is 1. The van der Waals surface area contributed by atoms with Crippen molar-refractivity contribution in [1.29, 1.82) is 0 Å². The standard InChI is InChI=1S/C10H17N5O9P2/c11-10-13-8-7(9(17)14-10)12-5-15(8)1-3-22-6-25(18,19)24-26(20,21)23-4-2-16/h5,16H,1-4,6H2,(H,18,19)(H,20,21)(H3,11,13,14,17). The van der Waals surface area contributed by atoms with E-state index in [1.165, 1.54) is 10.9 Å². The highest BCUT2D eigenvalue weighted by Crippen LogP contribution is 2.59. The van der Waals surface area contributed by atoms with Crippen LogP contribution in [0, 0.1) is 0 Å². The minimum atomic E-state index is -4.80. The van der Waals surface area contributed by atoms with Crippen molar-refractivity contribution in [2.45, 2.75) is 6.54 Å². The minimum absolute atomic E-state index is 0.0672. The molecule has 146 valence electrons. The molecule has 0 aliphatic carbocycles. The maximum Gasteiger partial charge on any atom is 0.479 e. The summed E-state index contributed by atoms with van der Waals surface area (Å²) >= 11 is 0. The quantitative estimate of drug-likeness (QED) is 0.234. The zero-order valence-electron chi connectivity index (χ0n) is 13.2. The number of aliphatic hydroxyl groups is 1. The molecule has 6 N–H and O–H groups in total. The first-order valence-electron chi connectivity index (χ1n) is 7.03. The normalized spacial score (nSPS) is 16.4. The SMILES string of the molecule is Nc1nc2c(ncn2CCOCP(=O)(O)OP(=O)(O)OCCO)c(=O)[nH]1. The monoisotopic (exact) mass is 413 g/mol. The Morgan fingerprint density at radius 2 is 2.04 bits per heavy atom. The minimum Gasteiger partial charge on any atom is -0.394 e. The number of phosphoric acid groups is 1. The van der Waals surface area contributed by atoms with Crippen molar-refractivity contribution in [2.24, 2.45) is 0 Å². The van der Waals surface area contributed by atoms with E-state index in [4.69, 9.17) is 15.6 Å². The molecule has 0 aliphatic heterocycles. The number of nitrogens with two attached hydrogens (primary N) is 1. The molecular formula is C10H17N5O9P2. The number of ether oxygens (including phenoxy) is 1. The van der Waals surface area contributed by atoms with Gasteiger partial charge >= 0.3 is 15.4 Å². The molecule has 2 rings (SSSR count). The van der Waals surface area contributed by atoms with Gasteiger partial charge in [0, 0.05) is 6.54 Å². The molecule has 26 heavy (non-hydrogen) atoms. The zero-order chi connectivity index (χ0) is 19.4. The molecule has 0 aromatic carbocycles. The Bertz CT molecular complexity index is 912. The maximum atomic E-state index is 11.7. The average molecular weight is 413 g/mol. The van der Waals surface area contributed by atoms with Gasteiger partial charge in [0.1, 0.15) is 6.35 Å². The number of phosphoric ester groups is 1. The number of hydrogen-bond acceptors (Lipinski definition) is 10. The fraction of sp³-hybridized carbons (Fsp3) is 0.500. The smallest absolute Gasteiger partial charge is 0.394 e. The summed E-state index contributed by atoms with van der Waals surface area (Å²) < 4.78 is 37.8. The second-order valence-electron chi connectivity index (χ2n) is 4.84. The summed E-state index contributed by atoms with van der Waals surface area (Å²) in [7, 11) is -9.38. The van der Waals surface area contributed by atoms with E-state index in [2.05, 4.69) is 23.8 Å². The van der Waals surface area contributed by atoms with Crippen molar-refractivity contribution in [3.8, 4) is 0 Å². The lowest BCUT2D eigenvalue weighted by molar-refractivity contribution is 0.132. The number of H-pyrrole nitrogens is 1. The van der Waals surface area contributed by atoms with Gasteiger partial charge in [-0.25, -0.2) is 13.9 Å². The van der Waals surface area contributed by atoms with Crippen LogP contribution in [0.5, 0.6) is 0 Å². The van der Waals surface area contributed by atoms with Gasteiger partial charge in [0.15, 0.2) is 11.2 Å². The fourth-order valence-corrected chi connectivity index (χ4v) is 4.18. The second-order valence-corrected chi connectivity index (χ2v) is 8.22. The number of aromatic amines is 1. The lowest BCUT2D eigenvalue weighted by atomic mass is 10.5. The van der Waals surface area contributed by atoms with E-state index in [9.17, 15) is 23.7 Å². The Hall–Kier alpha value is -1.63. The van der Waals surface area contributed by atoms with Crippen LogP contribution in [-0.4, -0.2) is 60.6 Å². The van der Waals surface area contributed by atoms with Gasteiger partial charge in [-0.05, 0) is 0 Å². The molecule has 2 aromatic rings. The largest absolute Gasteiger partial charge is 0.479 e. The molecule has 2 aromatic heterocycles. The Morgan fingerprint density at radius 3 is 2.73 bits per heavy atom. The van der Waals surface area contributed by atoms with Gasteiger partial charge in [-0.1, -0.05) is 0 Å². The molecule has 2 atom stereocenters. The molecule has 0 fully saturated rings. The first-order chi connectivity index (χ1) is 12.1. The van der Waals surface area contributed by atoms with Crippen LogP contribution in [-0.2, 0) is 29.2 Å². The highest BCUT2D eigenvalue weighted by molar-refractivity contribution is 7.63. The Kier molecular flexibility index (Phi) is 6.66. The molecule has 0 saturated carbocycles. The van der Waals surface area contributed by atoms with Crippen LogP contribution in [0.1, 0.15) is 0 Å². The van der Waals surface area contributed by atoms with Crippen LogP contribution in [0.15, 0.2) is 11.1 Å². The van der Waals surface area contributed by atoms with Crippen LogP contribution in [0.3, 0.4) is 0 Å². The van der Waals surface area contributed by atoms with Gasteiger partial charge < -0.3 is 29.9 Å². The van der Waals surface area contributed by atoms with E-state index in [1.807, 2.05) is 0 Å². The van der Waals surface area contributed by atoms with E-state index in [1.54, 1.807) is 0 Å². The zero-order valence-corrected chi connectivity index (χ0v) is 15.0. The third-order valence-corrected chi connectivity index (χ3v) is 5.66. The van der Waals surface area contributed by atoms with Gasteiger partial charge in [-0.2, -0.15) is 4.98 Å². The lowest BCUT2D eigenvalue weighted by Gasteiger charge is -2.16. The number of nitrogens with zero attached hydrogens (tertiary/aromatic N) is 3. The van der Waals surface area contributed by atoms with Crippen LogP contribution < -0.4 is 11.3 Å². The highest BCUT2D eigenvalue weighted by Gasteiger charge is 2.33. The molecule has 0 saturated heterocycles. The molecular weight excluding hydrogens is 396 g/mol. The molecule has 0 spiro atoms. The Morgan fingerprint density at radius 1 is 1.31 bits per heavy atom. The van der Waals surface area contributed by atoms with Gasteiger partial charge in [0.2, 0.25) is 5.95 Å². The first kappa shape index (κ1) is 20.7. The Balaban J connectivity index is 1.89. The van der Waals surface area contributed by atoms with Gasteiger partial charge in [-0.3, -0.25) is 18.9 Å². The number of nitrogen functional groups attached to an aromatic ring is 1. The van der Waals surface area contributed by atoms with E-state index in [0.29, 0.717) is 0 Å². The number of fused-ring (bicyclic) bond motifs is 1. The average Bonchev–Trinajstić information content (AvgIpc) is 2.92. The third-order valence-electron chi connectivity index (χ3n) is 2.80. The maximum absolute atomic E-state index is 11.7. The Labute approximate surface area is 145 Å². The number of hydrogen-bond donors (Lipinski definition) is 5. The number of aromatic nitrogens is 4. The summed E-state index contributed by atoms with van der Waals surface area (Å²) in [4.78, 5) is 40.4. The van der Waals surface area contributed by atoms with Crippen molar-refractivity contribution in [3.05, 3.63) is 16.7 Å². The molecule has 0 amide bonds. The van der Waals surface area contributed by atoms with Crippen molar-refractivity contribution >= 4 is 32.5 Å². The second kappa shape index (κ2) is 8.37. The topological polar surface area (TPSA) is 212 Å². The summed E-state index contributed by atoms with van der Waals surface area (Å²) in [6.45, 7) is -1.14.